The molecular formula is C20H30OSi2. The van der Waals surface area contributed by atoms with Crippen LogP contribution in [-0.2, 0) is 0 Å². The van der Waals surface area contributed by atoms with Crippen molar-refractivity contribution in [2.75, 3.05) is 0 Å². The van der Waals surface area contributed by atoms with Gasteiger partial charge >= 0.3 is 0 Å². The van der Waals surface area contributed by atoms with Gasteiger partial charge < -0.3 is 5.11 Å². The van der Waals surface area contributed by atoms with E-state index < -0.39 is 21.0 Å². The van der Waals surface area contributed by atoms with Crippen LogP contribution in [0.4, 0.5) is 0 Å². The summed E-state index contributed by atoms with van der Waals surface area (Å²) < 4.78 is 0. The van der Waals surface area contributed by atoms with E-state index in [-0.39, 0.29) is 5.92 Å². The highest BCUT2D eigenvalue weighted by atomic mass is 28.4. The molecule has 0 fully saturated rings. The van der Waals surface area contributed by atoms with Gasteiger partial charge in [0, 0.05) is 0 Å². The van der Waals surface area contributed by atoms with Gasteiger partial charge in [-0.1, -0.05) is 111 Å². The minimum absolute atomic E-state index is 0.228. The standard InChI is InChI=1S/C20H30OSi2/c1-17(2)20(21,22(3,4)18-13-9-7-10-14-18)23(5,6)19-15-11-8-12-16-19/h7-17,21H,1-6H3. The zero-order valence-corrected chi connectivity index (χ0v) is 17.3. The molecule has 0 aliphatic heterocycles. The van der Waals surface area contributed by atoms with Crippen LogP contribution in [0.25, 0.3) is 0 Å². The summed E-state index contributed by atoms with van der Waals surface area (Å²) in [7, 11) is -4.19. The second kappa shape index (κ2) is 6.38. The first-order chi connectivity index (χ1) is 10.7. The molecule has 0 radical (unpaired) electrons. The summed E-state index contributed by atoms with van der Waals surface area (Å²) in [6.45, 7) is 13.7. The Bertz CT molecular complexity index is 582. The Morgan fingerprint density at radius 2 is 1.00 bits per heavy atom. The molecule has 2 aromatic carbocycles. The third-order valence-electron chi connectivity index (χ3n) is 5.73. The average Bonchev–Trinajstić information content (AvgIpc) is 2.55. The van der Waals surface area contributed by atoms with Crippen molar-refractivity contribution in [2.24, 2.45) is 5.92 Å². The van der Waals surface area contributed by atoms with E-state index in [1.807, 2.05) is 0 Å². The highest BCUT2D eigenvalue weighted by molar-refractivity contribution is 7.09. The molecule has 0 bridgehead atoms. The Morgan fingerprint density at radius 3 is 1.26 bits per heavy atom. The molecule has 23 heavy (non-hydrogen) atoms. The molecule has 1 nitrogen and oxygen atoms in total. The molecule has 0 aliphatic carbocycles. The average molecular weight is 343 g/mol. The molecule has 0 spiro atoms. The van der Waals surface area contributed by atoms with E-state index in [1.54, 1.807) is 0 Å². The molecule has 3 heteroatoms. The Labute approximate surface area is 143 Å². The van der Waals surface area contributed by atoms with Gasteiger partial charge in [-0.05, 0) is 5.92 Å². The highest BCUT2D eigenvalue weighted by Crippen LogP contribution is 2.37. The van der Waals surface area contributed by atoms with Crippen LogP contribution >= 0.6 is 0 Å². The molecule has 2 rings (SSSR count). The van der Waals surface area contributed by atoms with Crippen LogP contribution in [0.1, 0.15) is 13.8 Å². The molecule has 124 valence electrons. The van der Waals surface area contributed by atoms with Gasteiger partial charge in [0.05, 0.1) is 4.85 Å². The number of benzene rings is 2. The van der Waals surface area contributed by atoms with Crippen LogP contribution in [0.2, 0.25) is 26.2 Å². The summed E-state index contributed by atoms with van der Waals surface area (Å²) in [4.78, 5) is -0.622. The second-order valence-corrected chi connectivity index (χ2v) is 17.6. The fourth-order valence-electron chi connectivity index (χ4n) is 4.37. The summed E-state index contributed by atoms with van der Waals surface area (Å²) >= 11 is 0. The van der Waals surface area contributed by atoms with Crippen molar-refractivity contribution in [3.8, 4) is 0 Å². The number of hydrogen-bond acceptors (Lipinski definition) is 1. The first-order valence-corrected chi connectivity index (χ1v) is 14.5. The van der Waals surface area contributed by atoms with Crippen molar-refractivity contribution in [2.45, 2.75) is 44.9 Å². The van der Waals surface area contributed by atoms with Gasteiger partial charge in [0.2, 0.25) is 0 Å². The van der Waals surface area contributed by atoms with Crippen LogP contribution in [-0.4, -0.2) is 26.1 Å². The van der Waals surface area contributed by atoms with Crippen molar-refractivity contribution < 1.29 is 5.11 Å². The number of rotatable bonds is 5. The summed E-state index contributed by atoms with van der Waals surface area (Å²) in [6.07, 6.45) is 0. The zero-order valence-electron chi connectivity index (χ0n) is 15.3. The number of hydrogen-bond donors (Lipinski definition) is 1. The van der Waals surface area contributed by atoms with Crippen LogP contribution in [0.3, 0.4) is 0 Å². The molecule has 2 aromatic rings. The largest absolute Gasteiger partial charge is 0.396 e. The van der Waals surface area contributed by atoms with Crippen molar-refractivity contribution in [1.29, 1.82) is 0 Å². The molecule has 0 atom stereocenters. The molecule has 0 aliphatic rings. The van der Waals surface area contributed by atoms with Gasteiger partial charge in [-0.15, -0.1) is 0 Å². The normalized spacial score (nSPS) is 13.4. The van der Waals surface area contributed by atoms with E-state index >= 15 is 0 Å². The van der Waals surface area contributed by atoms with Crippen molar-refractivity contribution in [3.63, 3.8) is 0 Å². The fourth-order valence-corrected chi connectivity index (χ4v) is 17.3. The topological polar surface area (TPSA) is 20.2 Å². The number of aliphatic hydroxyl groups is 1. The van der Waals surface area contributed by atoms with E-state index in [9.17, 15) is 5.11 Å². The molecule has 1 N–H and O–H groups in total. The zero-order chi connectivity index (χ0) is 17.3. The summed E-state index contributed by atoms with van der Waals surface area (Å²) in [5, 5.41) is 14.9. The van der Waals surface area contributed by atoms with Crippen LogP contribution in [0, 0.1) is 5.92 Å². The third kappa shape index (κ3) is 2.86. The lowest BCUT2D eigenvalue weighted by atomic mass is 10.2. The van der Waals surface area contributed by atoms with E-state index in [0.29, 0.717) is 0 Å². The van der Waals surface area contributed by atoms with Gasteiger partial charge in [0.15, 0.2) is 0 Å². The molecule has 0 saturated heterocycles. The second-order valence-electron chi connectivity index (χ2n) is 7.90. The minimum atomic E-state index is -2.10. The van der Waals surface area contributed by atoms with Gasteiger partial charge in [-0.3, -0.25) is 0 Å². The molecule has 0 aromatic heterocycles. The maximum Gasteiger partial charge on any atom is 0.113 e. The van der Waals surface area contributed by atoms with E-state index in [4.69, 9.17) is 0 Å². The molecule has 0 amide bonds. The van der Waals surface area contributed by atoms with Crippen molar-refractivity contribution in [1.82, 2.24) is 0 Å². The molecule has 0 unspecified atom stereocenters. The van der Waals surface area contributed by atoms with Gasteiger partial charge in [-0.2, -0.15) is 0 Å². The van der Waals surface area contributed by atoms with E-state index in [2.05, 4.69) is 101 Å². The predicted molar refractivity (Wildman–Crippen MR) is 107 cm³/mol. The fraction of sp³-hybridized carbons (Fsp3) is 0.400. The van der Waals surface area contributed by atoms with Gasteiger partial charge in [0.25, 0.3) is 0 Å². The summed E-state index contributed by atoms with van der Waals surface area (Å²) in [5.41, 5.74) is 0. The molecular weight excluding hydrogens is 312 g/mol. The lowest BCUT2D eigenvalue weighted by molar-refractivity contribution is 0.140. The Morgan fingerprint density at radius 1 is 0.696 bits per heavy atom. The first-order valence-electron chi connectivity index (χ1n) is 8.49. The smallest absolute Gasteiger partial charge is 0.113 e. The predicted octanol–water partition coefficient (Wildman–Crippen LogP) is 3.68. The Hall–Kier alpha value is -1.17. The lowest BCUT2D eigenvalue weighted by Gasteiger charge is -2.53. The van der Waals surface area contributed by atoms with Crippen LogP contribution in [0.15, 0.2) is 60.7 Å². The van der Waals surface area contributed by atoms with Gasteiger partial charge in [-0.25, -0.2) is 0 Å². The van der Waals surface area contributed by atoms with Crippen molar-refractivity contribution >= 4 is 26.5 Å². The molecule has 0 heterocycles. The summed E-state index contributed by atoms with van der Waals surface area (Å²) in [6, 6.07) is 21.3. The van der Waals surface area contributed by atoms with E-state index in [0.717, 1.165) is 0 Å². The van der Waals surface area contributed by atoms with Crippen LogP contribution in [0.5, 0.6) is 0 Å². The van der Waals surface area contributed by atoms with Gasteiger partial charge in [0.1, 0.15) is 16.1 Å². The highest BCUT2D eigenvalue weighted by Gasteiger charge is 2.59. The Kier molecular flexibility index (Phi) is 5.04. The van der Waals surface area contributed by atoms with E-state index in [1.165, 1.54) is 10.4 Å². The first kappa shape index (κ1) is 18.2. The quantitative estimate of drug-likeness (QED) is 0.822. The molecule has 0 saturated carbocycles. The Balaban J connectivity index is 2.64. The maximum absolute atomic E-state index is 12.2. The monoisotopic (exact) mass is 342 g/mol. The third-order valence-corrected chi connectivity index (χ3v) is 18.0. The summed E-state index contributed by atoms with van der Waals surface area (Å²) in [5.74, 6) is 0.228. The SMILES string of the molecule is CC(C)C(O)([Si](C)(C)c1ccccc1)[Si](C)(C)c1ccccc1. The van der Waals surface area contributed by atoms with Crippen molar-refractivity contribution in [3.05, 3.63) is 60.7 Å². The lowest BCUT2D eigenvalue weighted by Crippen LogP contribution is -2.79. The maximum atomic E-state index is 12.2. The van der Waals surface area contributed by atoms with Crippen LogP contribution < -0.4 is 10.4 Å². The minimum Gasteiger partial charge on any atom is -0.396 e.